The van der Waals surface area contributed by atoms with Gasteiger partial charge in [-0.15, -0.1) is 0 Å². The zero-order valence-electron chi connectivity index (χ0n) is 19.6. The number of carbonyl (C=O) groups is 1. The van der Waals surface area contributed by atoms with Crippen molar-refractivity contribution in [2.45, 2.75) is 31.2 Å². The highest BCUT2D eigenvalue weighted by molar-refractivity contribution is 7.98. The van der Waals surface area contributed by atoms with Crippen molar-refractivity contribution in [3.05, 3.63) is 47.2 Å². The molecule has 0 saturated carbocycles. The quantitative estimate of drug-likeness (QED) is 0.466. The summed E-state index contributed by atoms with van der Waals surface area (Å²) in [5.41, 5.74) is 5.79. The molecule has 1 aromatic carbocycles. The fourth-order valence-corrected chi connectivity index (χ4v) is 4.81. The SMILES string of the molecule is CCc1cc(N2CCN(CC)CC2)nc(SCc2cccc(C(=O)NN3CCOCC3)c2)n1. The summed E-state index contributed by atoms with van der Waals surface area (Å²) in [6.45, 7) is 12.3. The first kappa shape index (κ1) is 23.9. The number of rotatable bonds is 8. The number of aryl methyl sites for hydroxylation is 1. The van der Waals surface area contributed by atoms with Crippen molar-refractivity contribution >= 4 is 23.5 Å². The Balaban J connectivity index is 1.39. The van der Waals surface area contributed by atoms with Gasteiger partial charge in [0.15, 0.2) is 5.16 Å². The molecule has 0 radical (unpaired) electrons. The highest BCUT2D eigenvalue weighted by atomic mass is 32.2. The number of thioether (sulfide) groups is 1. The van der Waals surface area contributed by atoms with Crippen LogP contribution in [-0.2, 0) is 16.9 Å². The molecule has 0 atom stereocenters. The number of morpholine rings is 1. The minimum Gasteiger partial charge on any atom is -0.379 e. The van der Waals surface area contributed by atoms with Gasteiger partial charge in [-0.3, -0.25) is 10.2 Å². The molecule has 2 aliphatic heterocycles. The van der Waals surface area contributed by atoms with Crippen LogP contribution in [0.1, 0.15) is 35.5 Å². The maximum absolute atomic E-state index is 12.7. The Morgan fingerprint density at radius 2 is 1.85 bits per heavy atom. The van der Waals surface area contributed by atoms with Gasteiger partial charge < -0.3 is 14.5 Å². The van der Waals surface area contributed by atoms with Crippen molar-refractivity contribution in [3.8, 4) is 0 Å². The summed E-state index contributed by atoms with van der Waals surface area (Å²) in [7, 11) is 0. The van der Waals surface area contributed by atoms with E-state index in [0.29, 0.717) is 31.9 Å². The first-order chi connectivity index (χ1) is 16.1. The van der Waals surface area contributed by atoms with Gasteiger partial charge in [0.25, 0.3) is 5.91 Å². The van der Waals surface area contributed by atoms with Crippen LogP contribution in [0.2, 0.25) is 0 Å². The number of piperazine rings is 1. The summed E-state index contributed by atoms with van der Waals surface area (Å²) in [6.07, 6.45) is 0.884. The second kappa shape index (κ2) is 11.8. The van der Waals surface area contributed by atoms with Crippen molar-refractivity contribution < 1.29 is 9.53 Å². The van der Waals surface area contributed by atoms with Crippen LogP contribution >= 0.6 is 11.8 Å². The normalized spacial score (nSPS) is 17.8. The lowest BCUT2D eigenvalue weighted by atomic mass is 10.1. The van der Waals surface area contributed by atoms with Crippen LogP contribution < -0.4 is 10.3 Å². The predicted octanol–water partition coefficient (Wildman–Crippen LogP) is 2.45. The molecule has 0 spiro atoms. The van der Waals surface area contributed by atoms with Crippen molar-refractivity contribution in [3.63, 3.8) is 0 Å². The molecule has 0 aliphatic carbocycles. The number of hydrogen-bond acceptors (Lipinski definition) is 8. The second-order valence-electron chi connectivity index (χ2n) is 8.30. The highest BCUT2D eigenvalue weighted by Gasteiger charge is 2.19. The molecule has 1 aromatic heterocycles. The van der Waals surface area contributed by atoms with Crippen LogP contribution in [0.4, 0.5) is 5.82 Å². The zero-order valence-corrected chi connectivity index (χ0v) is 20.4. The fourth-order valence-electron chi connectivity index (χ4n) is 3.99. The molecule has 0 bridgehead atoms. The number of ether oxygens (including phenoxy) is 1. The molecule has 33 heavy (non-hydrogen) atoms. The van der Waals surface area contributed by atoms with Crippen LogP contribution in [0, 0.1) is 0 Å². The van der Waals surface area contributed by atoms with E-state index in [4.69, 9.17) is 14.7 Å². The van der Waals surface area contributed by atoms with Gasteiger partial charge in [-0.1, -0.05) is 37.7 Å². The number of nitrogens with zero attached hydrogens (tertiary/aromatic N) is 5. The highest BCUT2D eigenvalue weighted by Crippen LogP contribution is 2.24. The van der Waals surface area contributed by atoms with Gasteiger partial charge >= 0.3 is 0 Å². The standard InChI is InChI=1S/C24H34N6O2S/c1-3-21-17-22(29-10-8-28(4-2)9-11-29)26-24(25-21)33-18-19-6-5-7-20(16-19)23(31)27-30-12-14-32-15-13-30/h5-7,16-17H,3-4,8-15,18H2,1-2H3,(H,27,31). The Bertz CT molecular complexity index is 929. The van der Waals surface area contributed by atoms with Gasteiger partial charge in [0, 0.05) is 62.3 Å². The molecule has 0 unspecified atom stereocenters. The van der Waals surface area contributed by atoms with Crippen LogP contribution in [0.3, 0.4) is 0 Å². The molecule has 4 rings (SSSR count). The van der Waals surface area contributed by atoms with Gasteiger partial charge in [-0.05, 0) is 30.7 Å². The lowest BCUT2D eigenvalue weighted by Gasteiger charge is -2.34. The van der Waals surface area contributed by atoms with Crippen LogP contribution in [0.25, 0.3) is 0 Å². The number of hydrazine groups is 1. The lowest BCUT2D eigenvalue weighted by molar-refractivity contribution is 0.0126. The minimum absolute atomic E-state index is 0.0820. The molecule has 178 valence electrons. The Kier molecular flexibility index (Phi) is 8.55. The average molecular weight is 471 g/mol. The van der Waals surface area contributed by atoms with E-state index in [1.54, 1.807) is 11.8 Å². The predicted molar refractivity (Wildman–Crippen MR) is 132 cm³/mol. The van der Waals surface area contributed by atoms with Crippen molar-refractivity contribution in [1.82, 2.24) is 25.3 Å². The topological polar surface area (TPSA) is 73.8 Å². The largest absolute Gasteiger partial charge is 0.379 e. The van der Waals surface area contributed by atoms with Crippen molar-refractivity contribution in [2.24, 2.45) is 0 Å². The molecular weight excluding hydrogens is 436 g/mol. The summed E-state index contributed by atoms with van der Waals surface area (Å²) in [5, 5.41) is 2.71. The van der Waals surface area contributed by atoms with E-state index < -0.39 is 0 Å². The Morgan fingerprint density at radius 1 is 1.06 bits per heavy atom. The number of amides is 1. The zero-order chi connectivity index (χ0) is 23.0. The third-order valence-corrected chi connectivity index (χ3v) is 7.00. The first-order valence-corrected chi connectivity index (χ1v) is 12.8. The number of nitrogens with one attached hydrogen (secondary N) is 1. The van der Waals surface area contributed by atoms with Crippen LogP contribution in [-0.4, -0.2) is 84.8 Å². The molecule has 8 nitrogen and oxygen atoms in total. The van der Waals surface area contributed by atoms with Crippen LogP contribution in [0.15, 0.2) is 35.5 Å². The van der Waals surface area contributed by atoms with E-state index >= 15 is 0 Å². The van der Waals surface area contributed by atoms with Gasteiger partial charge in [0.1, 0.15) is 5.82 Å². The van der Waals surface area contributed by atoms with E-state index in [2.05, 4.69) is 35.1 Å². The van der Waals surface area contributed by atoms with E-state index in [9.17, 15) is 4.79 Å². The van der Waals surface area contributed by atoms with E-state index in [1.807, 2.05) is 29.3 Å². The fraction of sp³-hybridized carbons (Fsp3) is 0.542. The van der Waals surface area contributed by atoms with Crippen molar-refractivity contribution in [2.75, 3.05) is 63.9 Å². The number of likely N-dealkylation sites (N-methyl/N-ethyl adjacent to an activating group) is 1. The lowest BCUT2D eigenvalue weighted by Crippen LogP contribution is -2.48. The Labute approximate surface area is 200 Å². The molecule has 2 aromatic rings. The van der Waals surface area contributed by atoms with E-state index in [0.717, 1.165) is 67.1 Å². The summed E-state index contributed by atoms with van der Waals surface area (Å²) < 4.78 is 5.34. The van der Waals surface area contributed by atoms with Crippen molar-refractivity contribution in [1.29, 1.82) is 0 Å². The maximum Gasteiger partial charge on any atom is 0.265 e. The second-order valence-corrected chi connectivity index (χ2v) is 9.25. The third kappa shape index (κ3) is 6.66. The molecule has 2 aliphatic rings. The summed E-state index contributed by atoms with van der Waals surface area (Å²) in [6, 6.07) is 9.92. The molecule has 1 N–H and O–H groups in total. The van der Waals surface area contributed by atoms with E-state index in [-0.39, 0.29) is 5.91 Å². The molecule has 2 saturated heterocycles. The van der Waals surface area contributed by atoms with E-state index in [1.165, 1.54) is 0 Å². The number of carbonyl (C=O) groups excluding carboxylic acids is 1. The monoisotopic (exact) mass is 470 g/mol. The molecule has 3 heterocycles. The average Bonchev–Trinajstić information content (AvgIpc) is 2.88. The number of benzene rings is 1. The summed E-state index contributed by atoms with van der Waals surface area (Å²) in [4.78, 5) is 27.1. The third-order valence-electron chi connectivity index (χ3n) is 6.08. The van der Waals surface area contributed by atoms with Gasteiger partial charge in [-0.25, -0.2) is 15.0 Å². The minimum atomic E-state index is -0.0820. The Morgan fingerprint density at radius 3 is 2.58 bits per heavy atom. The number of anilines is 1. The number of aromatic nitrogens is 2. The molecule has 1 amide bonds. The first-order valence-electron chi connectivity index (χ1n) is 11.8. The van der Waals surface area contributed by atoms with Gasteiger partial charge in [0.05, 0.1) is 13.2 Å². The van der Waals surface area contributed by atoms with Crippen LogP contribution in [0.5, 0.6) is 0 Å². The van der Waals surface area contributed by atoms with Gasteiger partial charge in [0.2, 0.25) is 0 Å². The number of hydrogen-bond donors (Lipinski definition) is 1. The smallest absolute Gasteiger partial charge is 0.265 e. The summed E-state index contributed by atoms with van der Waals surface area (Å²) in [5.74, 6) is 1.66. The maximum atomic E-state index is 12.7. The summed E-state index contributed by atoms with van der Waals surface area (Å²) >= 11 is 1.62. The molecule has 9 heteroatoms. The molecular formula is C24H34N6O2S. The Hall–Kier alpha value is -2.20. The van der Waals surface area contributed by atoms with Gasteiger partial charge in [-0.2, -0.15) is 0 Å². The molecule has 2 fully saturated rings.